The van der Waals surface area contributed by atoms with E-state index in [0.29, 0.717) is 5.02 Å². The minimum atomic E-state index is -0.0860. The highest BCUT2D eigenvalue weighted by Crippen LogP contribution is 2.47. The van der Waals surface area contributed by atoms with Gasteiger partial charge in [0.15, 0.2) is 0 Å². The molecule has 2 aliphatic heterocycles. The number of nitrogens with one attached hydrogen (secondary N) is 1. The Morgan fingerprint density at radius 2 is 1.96 bits per heavy atom. The summed E-state index contributed by atoms with van der Waals surface area (Å²) in [4.78, 5) is 17.5. The number of anilines is 2. The molecule has 1 saturated heterocycles. The van der Waals surface area contributed by atoms with Crippen molar-refractivity contribution in [3.05, 3.63) is 58.6 Å². The fraction of sp³-hybridized carbons (Fsp3) is 0.409. The van der Waals surface area contributed by atoms with Crippen LogP contribution < -0.4 is 10.2 Å². The second-order valence-electron chi connectivity index (χ2n) is 7.76. The van der Waals surface area contributed by atoms with Crippen LogP contribution in [0.2, 0.25) is 5.02 Å². The van der Waals surface area contributed by atoms with E-state index in [1.807, 2.05) is 23.1 Å². The van der Waals surface area contributed by atoms with Crippen LogP contribution in [0.25, 0.3) is 0 Å². The van der Waals surface area contributed by atoms with E-state index in [9.17, 15) is 4.79 Å². The average Bonchev–Trinajstić information content (AvgIpc) is 2.96. The van der Waals surface area contributed by atoms with Gasteiger partial charge in [-0.1, -0.05) is 42.3 Å². The Hall–Kier alpha value is -2.04. The quantitative estimate of drug-likeness (QED) is 0.787. The molecule has 0 atom stereocenters. The molecule has 0 unspecified atom stereocenters. The van der Waals surface area contributed by atoms with Gasteiger partial charge in [-0.05, 0) is 69.2 Å². The van der Waals surface area contributed by atoms with Crippen molar-refractivity contribution < 1.29 is 4.79 Å². The molecule has 1 fully saturated rings. The Bertz CT molecular complexity index is 858. The molecule has 0 aromatic heterocycles. The van der Waals surface area contributed by atoms with Gasteiger partial charge in [-0.25, -0.2) is 4.79 Å². The summed E-state index contributed by atoms with van der Waals surface area (Å²) in [6.07, 6.45) is 2.19. The summed E-state index contributed by atoms with van der Waals surface area (Å²) in [5.74, 6) is 0. The summed E-state index contributed by atoms with van der Waals surface area (Å²) in [5.41, 5.74) is 4.43. The van der Waals surface area contributed by atoms with Crippen molar-refractivity contribution in [2.75, 3.05) is 36.4 Å². The normalized spacial score (nSPS) is 18.6. The van der Waals surface area contributed by atoms with E-state index in [4.69, 9.17) is 11.6 Å². The van der Waals surface area contributed by atoms with Crippen molar-refractivity contribution in [3.8, 4) is 0 Å². The molecule has 2 amide bonds. The van der Waals surface area contributed by atoms with Gasteiger partial charge in [0.2, 0.25) is 0 Å². The number of carbonyl (C=O) groups excluding carboxylic acids is 1. The average molecular weight is 384 g/mol. The van der Waals surface area contributed by atoms with Crippen LogP contribution in [0.3, 0.4) is 0 Å². The highest BCUT2D eigenvalue weighted by Gasteiger charge is 2.46. The van der Waals surface area contributed by atoms with E-state index >= 15 is 0 Å². The van der Waals surface area contributed by atoms with Gasteiger partial charge in [0.05, 0.1) is 0 Å². The topological polar surface area (TPSA) is 35.6 Å². The molecule has 2 aromatic carbocycles. The molecule has 1 spiro atoms. The van der Waals surface area contributed by atoms with Crippen LogP contribution in [0.1, 0.15) is 30.9 Å². The zero-order chi connectivity index (χ0) is 19.0. The maximum absolute atomic E-state index is 13.1. The number of carbonyl (C=O) groups is 1. The van der Waals surface area contributed by atoms with E-state index in [1.165, 1.54) is 11.1 Å². The van der Waals surface area contributed by atoms with Gasteiger partial charge in [-0.15, -0.1) is 0 Å². The lowest BCUT2D eigenvalue weighted by Gasteiger charge is -2.39. The molecular weight excluding hydrogens is 358 g/mol. The predicted octanol–water partition coefficient (Wildman–Crippen LogP) is 5.05. The van der Waals surface area contributed by atoms with Gasteiger partial charge in [-0.3, -0.25) is 4.90 Å². The number of piperidine rings is 1. The molecule has 1 N–H and O–H groups in total. The number of benzene rings is 2. The third kappa shape index (κ3) is 3.44. The number of rotatable bonds is 2. The number of hydrogen-bond acceptors (Lipinski definition) is 2. The van der Waals surface area contributed by atoms with Gasteiger partial charge in [0.1, 0.15) is 0 Å². The van der Waals surface area contributed by atoms with Crippen LogP contribution >= 0.6 is 11.6 Å². The number of fused-ring (bicyclic) bond motifs is 2. The van der Waals surface area contributed by atoms with Crippen molar-refractivity contribution >= 4 is 29.0 Å². The van der Waals surface area contributed by atoms with Gasteiger partial charge in [0, 0.05) is 28.4 Å². The summed E-state index contributed by atoms with van der Waals surface area (Å²) < 4.78 is 0. The van der Waals surface area contributed by atoms with Crippen LogP contribution in [-0.2, 0) is 5.41 Å². The minimum absolute atomic E-state index is 0.0682. The lowest BCUT2D eigenvalue weighted by molar-refractivity contribution is 0.173. The van der Waals surface area contributed by atoms with E-state index in [0.717, 1.165) is 50.4 Å². The largest absolute Gasteiger partial charge is 0.326 e. The zero-order valence-corrected chi connectivity index (χ0v) is 16.7. The van der Waals surface area contributed by atoms with Crippen LogP contribution in [0.15, 0.2) is 42.5 Å². The smallest absolute Gasteiger partial charge is 0.307 e. The maximum atomic E-state index is 13.1. The van der Waals surface area contributed by atoms with Crippen LogP contribution in [-0.4, -0.2) is 37.1 Å². The van der Waals surface area contributed by atoms with Crippen molar-refractivity contribution in [2.24, 2.45) is 0 Å². The Kier molecular flexibility index (Phi) is 4.87. The van der Waals surface area contributed by atoms with E-state index in [2.05, 4.69) is 42.3 Å². The number of likely N-dealkylation sites (tertiary alicyclic amines) is 1. The first-order valence-electron chi connectivity index (χ1n) is 9.68. The number of nitrogens with zero attached hydrogens (tertiary/aromatic N) is 2. The molecular formula is C22H26ClN3O. The Labute approximate surface area is 166 Å². The SMILES string of the molecule is CCN1CCC2(CC1)CN(C(=O)Nc1cccc(Cl)c1)c1ccc(C)cc12. The van der Waals surface area contributed by atoms with Gasteiger partial charge in [0.25, 0.3) is 0 Å². The van der Waals surface area contributed by atoms with Gasteiger partial charge >= 0.3 is 6.03 Å². The molecule has 2 aliphatic rings. The summed E-state index contributed by atoms with van der Waals surface area (Å²) in [5, 5.41) is 3.63. The number of amides is 2. The fourth-order valence-corrected chi connectivity index (χ4v) is 4.64. The first kappa shape index (κ1) is 18.3. The monoisotopic (exact) mass is 383 g/mol. The van der Waals surface area contributed by atoms with Crippen LogP contribution in [0.5, 0.6) is 0 Å². The van der Waals surface area contributed by atoms with E-state index < -0.39 is 0 Å². The van der Waals surface area contributed by atoms with Crippen molar-refractivity contribution in [3.63, 3.8) is 0 Å². The molecule has 0 radical (unpaired) electrons. The molecule has 2 aromatic rings. The first-order valence-corrected chi connectivity index (χ1v) is 10.1. The molecule has 0 bridgehead atoms. The van der Waals surface area contributed by atoms with Crippen molar-refractivity contribution in [2.45, 2.75) is 32.1 Å². The second kappa shape index (κ2) is 7.17. The molecule has 5 heteroatoms. The van der Waals surface area contributed by atoms with Crippen molar-refractivity contribution in [1.82, 2.24) is 4.90 Å². The zero-order valence-electron chi connectivity index (χ0n) is 16.0. The first-order chi connectivity index (χ1) is 13.0. The number of hydrogen-bond donors (Lipinski definition) is 1. The summed E-state index contributed by atoms with van der Waals surface area (Å²) >= 11 is 6.06. The second-order valence-corrected chi connectivity index (χ2v) is 8.20. The molecule has 0 saturated carbocycles. The van der Waals surface area contributed by atoms with Gasteiger partial charge in [-0.2, -0.15) is 0 Å². The van der Waals surface area contributed by atoms with Crippen LogP contribution in [0, 0.1) is 6.92 Å². The lowest BCUT2D eigenvalue weighted by atomic mass is 9.74. The van der Waals surface area contributed by atoms with Gasteiger partial charge < -0.3 is 10.2 Å². The van der Waals surface area contributed by atoms with E-state index in [-0.39, 0.29) is 11.4 Å². The lowest BCUT2D eigenvalue weighted by Crippen LogP contribution is -2.46. The maximum Gasteiger partial charge on any atom is 0.326 e. The summed E-state index contributed by atoms with van der Waals surface area (Å²) in [7, 11) is 0. The number of halogens is 1. The Morgan fingerprint density at radius 1 is 1.19 bits per heavy atom. The summed E-state index contributed by atoms with van der Waals surface area (Å²) in [6.45, 7) is 8.37. The molecule has 4 rings (SSSR count). The summed E-state index contributed by atoms with van der Waals surface area (Å²) in [6, 6.07) is 13.7. The fourth-order valence-electron chi connectivity index (χ4n) is 4.45. The Morgan fingerprint density at radius 3 is 2.67 bits per heavy atom. The predicted molar refractivity (Wildman–Crippen MR) is 112 cm³/mol. The molecule has 27 heavy (non-hydrogen) atoms. The third-order valence-corrected chi connectivity index (χ3v) is 6.29. The number of urea groups is 1. The minimum Gasteiger partial charge on any atom is -0.307 e. The molecule has 2 heterocycles. The van der Waals surface area contributed by atoms with Crippen LogP contribution in [0.4, 0.5) is 16.2 Å². The highest BCUT2D eigenvalue weighted by atomic mass is 35.5. The van der Waals surface area contributed by atoms with Crippen molar-refractivity contribution in [1.29, 1.82) is 0 Å². The Balaban J connectivity index is 1.62. The number of aryl methyl sites for hydroxylation is 1. The standard InChI is InChI=1S/C22H26ClN3O/c1-3-25-11-9-22(10-12-25)15-26(20-8-7-16(2)13-19(20)22)21(27)24-18-6-4-5-17(23)14-18/h4-8,13-14H,3,9-12,15H2,1-2H3,(H,24,27). The molecule has 0 aliphatic carbocycles. The third-order valence-electron chi connectivity index (χ3n) is 6.06. The molecule has 142 valence electrons. The highest BCUT2D eigenvalue weighted by molar-refractivity contribution is 6.30. The van der Waals surface area contributed by atoms with E-state index in [1.54, 1.807) is 6.07 Å². The molecule has 4 nitrogen and oxygen atoms in total.